The molecule has 1 atom stereocenters. The number of thiophene rings is 1. The van der Waals surface area contributed by atoms with Crippen LogP contribution in [0, 0.1) is 0 Å². The summed E-state index contributed by atoms with van der Waals surface area (Å²) in [5.41, 5.74) is 1.66. The molecular formula is C28H33IN4O2S. The lowest BCUT2D eigenvalue weighted by Gasteiger charge is -2.45. The molecule has 8 heteroatoms. The van der Waals surface area contributed by atoms with E-state index in [1.54, 1.807) is 16.0 Å². The van der Waals surface area contributed by atoms with Gasteiger partial charge in [0.05, 0.1) is 11.4 Å². The Bertz CT molecular complexity index is 1170. The first-order valence-corrected chi connectivity index (χ1v) is 15.4. The highest BCUT2D eigenvalue weighted by Crippen LogP contribution is 2.33. The molecule has 3 heterocycles. The van der Waals surface area contributed by atoms with Crippen molar-refractivity contribution in [2.75, 3.05) is 11.0 Å². The second-order valence-corrected chi connectivity index (χ2v) is 11.6. The van der Waals surface area contributed by atoms with E-state index in [-0.39, 0.29) is 17.9 Å². The van der Waals surface area contributed by atoms with Crippen molar-refractivity contribution in [2.24, 2.45) is 0 Å². The third-order valence-corrected chi connectivity index (χ3v) is 9.62. The third-order valence-electron chi connectivity index (χ3n) is 7.47. The van der Waals surface area contributed by atoms with Crippen molar-refractivity contribution in [1.82, 2.24) is 20.0 Å². The molecule has 6 nitrogen and oxygen atoms in total. The summed E-state index contributed by atoms with van der Waals surface area (Å²) in [4.78, 5) is 30.9. The SMILES string of the molecule is O=C1c2cc(-c3cccs3)nn2CC(CI)(C(=O)NC2CCCCCC2)N1CCCc1ccccc1. The van der Waals surface area contributed by atoms with E-state index < -0.39 is 5.54 Å². The average molecular weight is 617 g/mol. The number of aryl methyl sites for hydroxylation is 1. The summed E-state index contributed by atoms with van der Waals surface area (Å²) in [5, 5.41) is 10.2. The van der Waals surface area contributed by atoms with E-state index >= 15 is 0 Å². The lowest BCUT2D eigenvalue weighted by Crippen LogP contribution is -2.67. The highest BCUT2D eigenvalue weighted by molar-refractivity contribution is 14.1. The number of hydrogen-bond acceptors (Lipinski definition) is 4. The minimum absolute atomic E-state index is 0.0318. The molecule has 1 aromatic carbocycles. The van der Waals surface area contributed by atoms with Crippen molar-refractivity contribution in [1.29, 1.82) is 0 Å². The van der Waals surface area contributed by atoms with Crippen molar-refractivity contribution in [3.8, 4) is 10.6 Å². The van der Waals surface area contributed by atoms with Gasteiger partial charge >= 0.3 is 0 Å². The molecule has 190 valence electrons. The molecule has 2 aliphatic rings. The molecule has 0 spiro atoms. The smallest absolute Gasteiger partial charge is 0.273 e. The fourth-order valence-electron chi connectivity index (χ4n) is 5.43. The molecular weight excluding hydrogens is 583 g/mol. The Balaban J connectivity index is 1.44. The van der Waals surface area contributed by atoms with Gasteiger partial charge < -0.3 is 10.2 Å². The monoisotopic (exact) mass is 616 g/mol. The fraction of sp³-hybridized carbons (Fsp3) is 0.464. The van der Waals surface area contributed by atoms with Gasteiger partial charge in [-0.15, -0.1) is 11.3 Å². The Morgan fingerprint density at radius 1 is 1.11 bits per heavy atom. The number of hydrogen-bond donors (Lipinski definition) is 1. The van der Waals surface area contributed by atoms with Crippen LogP contribution in [0.4, 0.5) is 0 Å². The molecule has 1 saturated carbocycles. The molecule has 1 unspecified atom stereocenters. The van der Waals surface area contributed by atoms with Gasteiger partial charge in [0.15, 0.2) is 5.54 Å². The molecule has 2 aromatic heterocycles. The van der Waals surface area contributed by atoms with E-state index in [4.69, 9.17) is 5.10 Å². The van der Waals surface area contributed by atoms with Crippen LogP contribution in [0.1, 0.15) is 61.0 Å². The summed E-state index contributed by atoms with van der Waals surface area (Å²) in [6.07, 6.45) is 8.46. The van der Waals surface area contributed by atoms with E-state index in [1.165, 1.54) is 18.4 Å². The third kappa shape index (κ3) is 5.25. The van der Waals surface area contributed by atoms with Crippen molar-refractivity contribution >= 4 is 45.7 Å². The van der Waals surface area contributed by atoms with E-state index in [9.17, 15) is 9.59 Å². The molecule has 1 fully saturated rings. The van der Waals surface area contributed by atoms with Crippen molar-refractivity contribution in [2.45, 2.75) is 69.5 Å². The maximum absolute atomic E-state index is 14.0. The quantitative estimate of drug-likeness (QED) is 0.200. The maximum Gasteiger partial charge on any atom is 0.273 e. The zero-order chi connectivity index (χ0) is 25.0. The maximum atomic E-state index is 14.0. The summed E-state index contributed by atoms with van der Waals surface area (Å²) < 4.78 is 2.30. The number of rotatable bonds is 8. The summed E-state index contributed by atoms with van der Waals surface area (Å²) in [6.45, 7) is 0.917. The van der Waals surface area contributed by atoms with Gasteiger partial charge in [-0.05, 0) is 48.8 Å². The van der Waals surface area contributed by atoms with E-state index in [2.05, 4.69) is 40.0 Å². The van der Waals surface area contributed by atoms with Gasteiger partial charge in [-0.25, -0.2) is 0 Å². The van der Waals surface area contributed by atoms with Gasteiger partial charge in [-0.2, -0.15) is 5.10 Å². The first-order valence-electron chi connectivity index (χ1n) is 13.0. The number of amides is 2. The molecule has 1 aliphatic heterocycles. The van der Waals surface area contributed by atoms with Crippen LogP contribution in [0.25, 0.3) is 10.6 Å². The largest absolute Gasteiger partial charge is 0.351 e. The van der Waals surface area contributed by atoms with E-state index in [0.717, 1.165) is 49.1 Å². The molecule has 3 aromatic rings. The van der Waals surface area contributed by atoms with E-state index in [0.29, 0.717) is 23.2 Å². The Hall–Kier alpha value is -2.20. The molecule has 2 amide bonds. The van der Waals surface area contributed by atoms with E-state index in [1.807, 2.05) is 46.7 Å². The Morgan fingerprint density at radius 3 is 2.58 bits per heavy atom. The lowest BCUT2D eigenvalue weighted by molar-refractivity contribution is -0.133. The zero-order valence-corrected chi connectivity index (χ0v) is 23.5. The second-order valence-electron chi connectivity index (χ2n) is 9.92. The summed E-state index contributed by atoms with van der Waals surface area (Å²) in [6, 6.07) is 16.4. The van der Waals surface area contributed by atoms with Gasteiger partial charge in [0, 0.05) is 17.0 Å². The number of fused-ring (bicyclic) bond motifs is 1. The zero-order valence-electron chi connectivity index (χ0n) is 20.5. The lowest BCUT2D eigenvalue weighted by atomic mass is 9.93. The number of benzene rings is 1. The number of carbonyl (C=O) groups excluding carboxylic acids is 2. The molecule has 0 radical (unpaired) electrons. The number of nitrogens with zero attached hydrogens (tertiary/aromatic N) is 3. The van der Waals surface area contributed by atoms with Crippen LogP contribution in [0.5, 0.6) is 0 Å². The fourth-order valence-corrected chi connectivity index (χ4v) is 7.12. The summed E-state index contributed by atoms with van der Waals surface area (Å²) in [7, 11) is 0. The molecule has 36 heavy (non-hydrogen) atoms. The molecule has 0 bridgehead atoms. The summed E-state index contributed by atoms with van der Waals surface area (Å²) in [5.74, 6) is -0.131. The van der Waals surface area contributed by atoms with Gasteiger partial charge in [0.1, 0.15) is 11.4 Å². The van der Waals surface area contributed by atoms with Crippen molar-refractivity contribution in [3.05, 3.63) is 65.2 Å². The van der Waals surface area contributed by atoms with Crippen LogP contribution in [0.15, 0.2) is 53.9 Å². The minimum Gasteiger partial charge on any atom is -0.351 e. The normalized spacial score (nSPS) is 20.7. The van der Waals surface area contributed by atoms with Crippen molar-refractivity contribution < 1.29 is 9.59 Å². The first kappa shape index (κ1) is 25.4. The average Bonchev–Trinajstić information content (AvgIpc) is 3.51. The number of alkyl halides is 1. The van der Waals surface area contributed by atoms with Crippen LogP contribution in [0.2, 0.25) is 0 Å². The minimum atomic E-state index is -0.952. The van der Waals surface area contributed by atoms with Crippen LogP contribution in [0.3, 0.4) is 0 Å². The predicted molar refractivity (Wildman–Crippen MR) is 153 cm³/mol. The number of nitrogens with one attached hydrogen (secondary N) is 1. The standard InChI is InChI=1S/C28H33IN4O2S/c29-19-28(27(35)30-22-13-6-1-2-7-14-22)20-33-24(18-23(31-33)25-15-9-17-36-25)26(34)32(28)16-8-12-21-10-4-3-5-11-21/h3-5,9-11,15,17-18,22H,1-2,6-8,12-14,16,19-20H2,(H,30,35). The number of halogens is 1. The highest BCUT2D eigenvalue weighted by atomic mass is 127. The Labute approximate surface area is 230 Å². The molecule has 1 N–H and O–H groups in total. The number of aromatic nitrogens is 2. The summed E-state index contributed by atoms with van der Waals surface area (Å²) >= 11 is 3.90. The topological polar surface area (TPSA) is 67.2 Å². The van der Waals surface area contributed by atoms with Crippen LogP contribution < -0.4 is 5.32 Å². The molecule has 1 aliphatic carbocycles. The Morgan fingerprint density at radius 2 is 1.89 bits per heavy atom. The van der Waals surface area contributed by atoms with Crippen molar-refractivity contribution in [3.63, 3.8) is 0 Å². The molecule has 5 rings (SSSR count). The van der Waals surface area contributed by atoms with Gasteiger partial charge in [-0.1, -0.05) is 84.7 Å². The van der Waals surface area contributed by atoms with Crippen LogP contribution in [-0.2, 0) is 17.8 Å². The molecule has 0 saturated heterocycles. The van der Waals surface area contributed by atoms with Gasteiger partial charge in [0.25, 0.3) is 5.91 Å². The van der Waals surface area contributed by atoms with Gasteiger partial charge in [-0.3, -0.25) is 14.3 Å². The van der Waals surface area contributed by atoms with Gasteiger partial charge in [0.2, 0.25) is 5.91 Å². The highest BCUT2D eigenvalue weighted by Gasteiger charge is 2.51. The predicted octanol–water partition coefficient (Wildman–Crippen LogP) is 5.71. The Kier molecular flexibility index (Phi) is 8.10. The number of carbonyl (C=O) groups is 2. The van der Waals surface area contributed by atoms with Crippen LogP contribution in [-0.4, -0.2) is 49.0 Å². The second kappa shape index (κ2) is 11.5. The van der Waals surface area contributed by atoms with Crippen LogP contribution >= 0.6 is 33.9 Å². The first-order chi connectivity index (χ1) is 17.6.